The summed E-state index contributed by atoms with van der Waals surface area (Å²) < 4.78 is 18.4. The Labute approximate surface area is 164 Å². The Hall–Kier alpha value is -2.89. The van der Waals surface area contributed by atoms with Crippen LogP contribution in [0.4, 0.5) is 4.39 Å². The second-order valence-corrected chi connectivity index (χ2v) is 7.43. The van der Waals surface area contributed by atoms with Crippen LogP contribution in [0.5, 0.6) is 5.75 Å². The first-order valence-electron chi connectivity index (χ1n) is 9.37. The number of likely N-dealkylation sites (tertiary alicyclic amines) is 1. The molecule has 2 aromatic rings. The van der Waals surface area contributed by atoms with E-state index in [1.165, 1.54) is 12.1 Å². The van der Waals surface area contributed by atoms with Crippen molar-refractivity contribution in [2.75, 3.05) is 20.2 Å². The molecule has 2 aromatic carbocycles. The van der Waals surface area contributed by atoms with Gasteiger partial charge in [-0.3, -0.25) is 9.59 Å². The van der Waals surface area contributed by atoms with Crippen molar-refractivity contribution in [2.24, 2.45) is 5.41 Å². The summed E-state index contributed by atoms with van der Waals surface area (Å²) in [7, 11) is 1.58. The summed E-state index contributed by atoms with van der Waals surface area (Å²) in [5.74, 6) is 0.152. The topological polar surface area (TPSA) is 58.6 Å². The number of benzene rings is 2. The molecule has 0 bridgehead atoms. The molecule has 5 nitrogen and oxygen atoms in total. The van der Waals surface area contributed by atoms with Crippen LogP contribution in [0.15, 0.2) is 48.5 Å². The Morgan fingerprint density at radius 3 is 2.64 bits per heavy atom. The number of carbonyl (C=O) groups is 2. The van der Waals surface area contributed by atoms with Crippen LogP contribution in [-0.4, -0.2) is 36.9 Å². The van der Waals surface area contributed by atoms with Crippen molar-refractivity contribution in [2.45, 2.75) is 26.3 Å². The number of piperidine rings is 1. The van der Waals surface area contributed by atoms with Crippen molar-refractivity contribution in [1.29, 1.82) is 0 Å². The maximum atomic E-state index is 13.3. The molecule has 148 valence electrons. The van der Waals surface area contributed by atoms with E-state index in [-0.39, 0.29) is 24.2 Å². The smallest absolute Gasteiger partial charge is 0.253 e. The van der Waals surface area contributed by atoms with E-state index in [9.17, 15) is 14.0 Å². The first-order chi connectivity index (χ1) is 13.4. The molecular formula is C22H25FN2O3. The molecule has 0 unspecified atom stereocenters. The number of rotatable bonds is 5. The van der Waals surface area contributed by atoms with E-state index in [1.807, 2.05) is 6.92 Å². The summed E-state index contributed by atoms with van der Waals surface area (Å²) in [6.07, 6.45) is 1.46. The number of carbonyl (C=O) groups excluding carboxylic acids is 2. The number of nitrogens with one attached hydrogen (secondary N) is 1. The third-order valence-electron chi connectivity index (χ3n) is 5.21. The molecule has 0 spiro atoms. The summed E-state index contributed by atoms with van der Waals surface area (Å²) in [6, 6.07) is 13.1. The van der Waals surface area contributed by atoms with Crippen LogP contribution in [0.25, 0.3) is 0 Å². The van der Waals surface area contributed by atoms with Gasteiger partial charge < -0.3 is 15.0 Å². The molecule has 1 N–H and O–H groups in total. The fourth-order valence-electron chi connectivity index (χ4n) is 3.56. The van der Waals surface area contributed by atoms with Gasteiger partial charge in [0.15, 0.2) is 0 Å². The Bertz CT molecular complexity index is 853. The highest BCUT2D eigenvalue weighted by Crippen LogP contribution is 2.31. The van der Waals surface area contributed by atoms with E-state index in [0.29, 0.717) is 36.4 Å². The SMILES string of the molecule is COc1ccc(C(=O)N2CCC[C@@](C)(C(=O)NCc3cccc(F)c3)C2)cc1. The quantitative estimate of drug-likeness (QED) is 0.860. The van der Waals surface area contributed by atoms with Crippen LogP contribution in [0.3, 0.4) is 0 Å². The molecule has 1 fully saturated rings. The molecule has 28 heavy (non-hydrogen) atoms. The number of ether oxygens (including phenoxy) is 1. The zero-order chi connectivity index (χ0) is 20.1. The maximum absolute atomic E-state index is 13.3. The standard InChI is InChI=1S/C22H25FN2O3/c1-22(21(27)24-14-16-5-3-6-18(23)13-16)11-4-12-25(15-22)20(26)17-7-9-19(28-2)10-8-17/h3,5-10,13H,4,11-12,14-15H2,1-2H3,(H,24,27)/t22-/m1/s1. The lowest BCUT2D eigenvalue weighted by molar-refractivity contribution is -0.132. The summed E-state index contributed by atoms with van der Waals surface area (Å²) in [5.41, 5.74) is 0.609. The average molecular weight is 384 g/mol. The summed E-state index contributed by atoms with van der Waals surface area (Å²) in [4.78, 5) is 27.4. The molecule has 0 aliphatic carbocycles. The Kier molecular flexibility index (Phi) is 5.97. The fraction of sp³-hybridized carbons (Fsp3) is 0.364. The predicted molar refractivity (Wildman–Crippen MR) is 104 cm³/mol. The molecule has 0 radical (unpaired) electrons. The molecule has 0 saturated carbocycles. The highest BCUT2D eigenvalue weighted by atomic mass is 19.1. The van der Waals surface area contributed by atoms with E-state index in [2.05, 4.69) is 5.32 Å². The predicted octanol–water partition coefficient (Wildman–Crippen LogP) is 3.39. The molecule has 0 aromatic heterocycles. The van der Waals surface area contributed by atoms with Crippen molar-refractivity contribution in [3.63, 3.8) is 0 Å². The highest BCUT2D eigenvalue weighted by Gasteiger charge is 2.39. The van der Waals surface area contributed by atoms with Crippen molar-refractivity contribution >= 4 is 11.8 Å². The third kappa shape index (κ3) is 4.50. The average Bonchev–Trinajstić information content (AvgIpc) is 2.71. The van der Waals surface area contributed by atoms with Crippen LogP contribution in [0.1, 0.15) is 35.7 Å². The molecule has 3 rings (SSSR count). The summed E-state index contributed by atoms with van der Waals surface area (Å²) in [5, 5.41) is 2.89. The maximum Gasteiger partial charge on any atom is 0.253 e. The Morgan fingerprint density at radius 2 is 1.96 bits per heavy atom. The van der Waals surface area contributed by atoms with Gasteiger partial charge >= 0.3 is 0 Å². The van der Waals surface area contributed by atoms with E-state index in [0.717, 1.165) is 6.42 Å². The molecule has 1 atom stereocenters. The van der Waals surface area contributed by atoms with E-state index >= 15 is 0 Å². The van der Waals surface area contributed by atoms with Gasteiger partial charge in [0.1, 0.15) is 11.6 Å². The Balaban J connectivity index is 1.64. The van der Waals surface area contributed by atoms with Crippen LogP contribution < -0.4 is 10.1 Å². The monoisotopic (exact) mass is 384 g/mol. The molecular weight excluding hydrogens is 359 g/mol. The summed E-state index contributed by atoms with van der Waals surface area (Å²) >= 11 is 0. The van der Waals surface area contributed by atoms with Crippen LogP contribution in [0.2, 0.25) is 0 Å². The van der Waals surface area contributed by atoms with E-state index < -0.39 is 5.41 Å². The zero-order valence-electron chi connectivity index (χ0n) is 16.2. The molecule has 1 aliphatic rings. The lowest BCUT2D eigenvalue weighted by atomic mass is 9.80. The second-order valence-electron chi connectivity index (χ2n) is 7.43. The molecule has 6 heteroatoms. The van der Waals surface area contributed by atoms with Gasteiger partial charge in [-0.25, -0.2) is 4.39 Å². The van der Waals surface area contributed by atoms with Crippen LogP contribution in [-0.2, 0) is 11.3 Å². The fourth-order valence-corrected chi connectivity index (χ4v) is 3.56. The molecule has 1 aliphatic heterocycles. The first kappa shape index (κ1) is 19.9. The van der Waals surface area contributed by atoms with Crippen molar-refractivity contribution in [3.05, 3.63) is 65.5 Å². The molecule has 1 saturated heterocycles. The van der Waals surface area contributed by atoms with Gasteiger partial charge in [0.2, 0.25) is 5.91 Å². The van der Waals surface area contributed by atoms with Gasteiger partial charge in [0, 0.05) is 25.2 Å². The van der Waals surface area contributed by atoms with Gasteiger partial charge in [-0.05, 0) is 61.7 Å². The van der Waals surface area contributed by atoms with Gasteiger partial charge in [0.05, 0.1) is 12.5 Å². The van der Waals surface area contributed by atoms with Gasteiger partial charge in [-0.2, -0.15) is 0 Å². The van der Waals surface area contributed by atoms with Gasteiger partial charge in [-0.1, -0.05) is 12.1 Å². The van der Waals surface area contributed by atoms with Gasteiger partial charge in [-0.15, -0.1) is 0 Å². The third-order valence-corrected chi connectivity index (χ3v) is 5.21. The number of hydrogen-bond donors (Lipinski definition) is 1. The minimum atomic E-state index is -0.673. The number of halogens is 1. The Morgan fingerprint density at radius 1 is 1.21 bits per heavy atom. The van der Waals surface area contributed by atoms with Crippen LogP contribution in [0, 0.1) is 11.2 Å². The largest absolute Gasteiger partial charge is 0.497 e. The number of amides is 2. The molecule has 2 amide bonds. The lowest BCUT2D eigenvalue weighted by Gasteiger charge is -2.39. The summed E-state index contributed by atoms with van der Waals surface area (Å²) in [6.45, 7) is 3.12. The minimum Gasteiger partial charge on any atom is -0.497 e. The first-order valence-corrected chi connectivity index (χ1v) is 9.37. The van der Waals surface area contributed by atoms with Crippen molar-refractivity contribution < 1.29 is 18.7 Å². The number of hydrogen-bond acceptors (Lipinski definition) is 3. The lowest BCUT2D eigenvalue weighted by Crippen LogP contribution is -2.51. The second kappa shape index (κ2) is 8.42. The van der Waals surface area contributed by atoms with Crippen molar-refractivity contribution in [3.8, 4) is 5.75 Å². The normalized spacial score (nSPS) is 19.2. The van der Waals surface area contributed by atoms with Gasteiger partial charge in [0.25, 0.3) is 5.91 Å². The number of nitrogens with zero attached hydrogens (tertiary/aromatic N) is 1. The highest BCUT2D eigenvalue weighted by molar-refractivity contribution is 5.95. The number of methoxy groups -OCH3 is 1. The zero-order valence-corrected chi connectivity index (χ0v) is 16.2. The van der Waals surface area contributed by atoms with Crippen LogP contribution >= 0.6 is 0 Å². The van der Waals surface area contributed by atoms with E-state index in [4.69, 9.17) is 4.74 Å². The van der Waals surface area contributed by atoms with E-state index in [1.54, 1.807) is 48.4 Å². The molecule has 1 heterocycles. The minimum absolute atomic E-state index is 0.0912. The van der Waals surface area contributed by atoms with Crippen molar-refractivity contribution in [1.82, 2.24) is 10.2 Å².